The summed E-state index contributed by atoms with van der Waals surface area (Å²) in [7, 11) is 0. The monoisotopic (exact) mass is 315 g/mol. The molecular formula is C16H13NO6. The van der Waals surface area contributed by atoms with E-state index in [1.54, 1.807) is 0 Å². The number of nitrogens with zero attached hydrogens (tertiary/aromatic N) is 1. The van der Waals surface area contributed by atoms with Crippen LogP contribution in [-0.4, -0.2) is 30.5 Å². The number of ether oxygens (including phenoxy) is 2. The fourth-order valence-electron chi connectivity index (χ4n) is 1.74. The molecule has 0 aliphatic carbocycles. The van der Waals surface area contributed by atoms with Crippen LogP contribution in [0, 0.1) is 0 Å². The summed E-state index contributed by atoms with van der Waals surface area (Å²) in [6.07, 6.45) is 2.33. The molecule has 0 radical (unpaired) electrons. The first-order valence-corrected chi connectivity index (χ1v) is 6.56. The zero-order valence-electron chi connectivity index (χ0n) is 12.3. The lowest BCUT2D eigenvalue weighted by Gasteiger charge is -2.14. The summed E-state index contributed by atoms with van der Waals surface area (Å²) in [5.74, 6) is -2.26. The van der Waals surface area contributed by atoms with Crippen LogP contribution in [0.5, 0.6) is 0 Å². The van der Waals surface area contributed by atoms with Crippen LogP contribution >= 0.6 is 0 Å². The van der Waals surface area contributed by atoms with Gasteiger partial charge >= 0.3 is 11.9 Å². The summed E-state index contributed by atoms with van der Waals surface area (Å²) >= 11 is 0. The Morgan fingerprint density at radius 1 is 1.04 bits per heavy atom. The molecule has 2 amide bonds. The Hall–Kier alpha value is -3.22. The van der Waals surface area contributed by atoms with Gasteiger partial charge in [-0.3, -0.25) is 9.59 Å². The number of amides is 2. The Labute approximate surface area is 131 Å². The third-order valence-electron chi connectivity index (χ3n) is 2.90. The maximum atomic E-state index is 11.8. The molecule has 0 fully saturated rings. The van der Waals surface area contributed by atoms with Gasteiger partial charge < -0.3 is 9.47 Å². The fourth-order valence-corrected chi connectivity index (χ4v) is 1.74. The topological polar surface area (TPSA) is 90.0 Å². The zero-order chi connectivity index (χ0) is 17.0. The average Bonchev–Trinajstić information content (AvgIpc) is 2.86. The van der Waals surface area contributed by atoms with Crippen LogP contribution < -0.4 is 4.90 Å². The number of benzene rings is 1. The van der Waals surface area contributed by atoms with Gasteiger partial charge in [0.15, 0.2) is 0 Å². The van der Waals surface area contributed by atoms with Crippen molar-refractivity contribution in [1.29, 1.82) is 0 Å². The third-order valence-corrected chi connectivity index (χ3v) is 2.90. The molecule has 0 atom stereocenters. The second-order valence-electron chi connectivity index (χ2n) is 4.65. The number of hydrogen-bond acceptors (Lipinski definition) is 6. The molecule has 0 saturated carbocycles. The van der Waals surface area contributed by atoms with Gasteiger partial charge in [0.05, 0.1) is 11.3 Å². The minimum Gasteiger partial charge on any atom is -0.425 e. The van der Waals surface area contributed by atoms with Gasteiger partial charge in [-0.2, -0.15) is 0 Å². The van der Waals surface area contributed by atoms with Crippen LogP contribution in [0.25, 0.3) is 0 Å². The molecule has 0 N–H and O–H groups in total. The SMILES string of the molecule is C=C(C)C(=O)OCOC(=O)c1ccc(N2C(=O)C=CC2=O)cc1. The Bertz CT molecular complexity index is 699. The van der Waals surface area contributed by atoms with Crippen molar-refractivity contribution in [2.45, 2.75) is 6.92 Å². The molecule has 1 heterocycles. The molecule has 1 aliphatic rings. The molecule has 0 saturated heterocycles. The van der Waals surface area contributed by atoms with Gasteiger partial charge in [-0.1, -0.05) is 6.58 Å². The molecular weight excluding hydrogens is 302 g/mol. The highest BCUT2D eigenvalue weighted by molar-refractivity contribution is 6.28. The second kappa shape index (κ2) is 6.69. The molecule has 7 heteroatoms. The van der Waals surface area contributed by atoms with Gasteiger partial charge in [0.2, 0.25) is 6.79 Å². The van der Waals surface area contributed by atoms with Crippen LogP contribution in [0.1, 0.15) is 17.3 Å². The van der Waals surface area contributed by atoms with E-state index in [0.29, 0.717) is 5.69 Å². The Morgan fingerprint density at radius 3 is 2.13 bits per heavy atom. The quantitative estimate of drug-likeness (QED) is 0.352. The van der Waals surface area contributed by atoms with Crippen molar-refractivity contribution in [3.63, 3.8) is 0 Å². The highest BCUT2D eigenvalue weighted by atomic mass is 16.7. The largest absolute Gasteiger partial charge is 0.425 e. The van der Waals surface area contributed by atoms with Crippen LogP contribution in [-0.2, 0) is 23.9 Å². The summed E-state index contributed by atoms with van der Waals surface area (Å²) in [5.41, 5.74) is 0.724. The number of carbonyl (C=O) groups is 4. The number of rotatable bonds is 5. The molecule has 1 aromatic carbocycles. The molecule has 0 aromatic heterocycles. The lowest BCUT2D eigenvalue weighted by Crippen LogP contribution is -2.29. The van der Waals surface area contributed by atoms with E-state index in [2.05, 4.69) is 11.3 Å². The van der Waals surface area contributed by atoms with E-state index in [0.717, 1.165) is 4.90 Å². The van der Waals surface area contributed by atoms with Crippen LogP contribution in [0.2, 0.25) is 0 Å². The summed E-state index contributed by atoms with van der Waals surface area (Å²) in [6.45, 7) is 4.33. The molecule has 1 aliphatic heterocycles. The number of carbonyl (C=O) groups excluding carboxylic acids is 4. The first-order valence-electron chi connectivity index (χ1n) is 6.56. The van der Waals surface area contributed by atoms with E-state index in [1.807, 2.05) is 0 Å². The Kier molecular flexibility index (Phi) is 4.70. The number of anilines is 1. The predicted octanol–water partition coefficient (Wildman–Crippen LogP) is 1.35. The van der Waals surface area contributed by atoms with E-state index >= 15 is 0 Å². The minimum atomic E-state index is -0.705. The Morgan fingerprint density at radius 2 is 1.61 bits per heavy atom. The highest BCUT2D eigenvalue weighted by Gasteiger charge is 2.25. The van der Waals surface area contributed by atoms with E-state index in [4.69, 9.17) is 4.74 Å². The van der Waals surface area contributed by atoms with Crippen LogP contribution in [0.3, 0.4) is 0 Å². The second-order valence-corrected chi connectivity index (χ2v) is 4.65. The predicted molar refractivity (Wildman–Crippen MR) is 79.3 cm³/mol. The molecule has 2 rings (SSSR count). The summed E-state index contributed by atoms with van der Waals surface area (Å²) in [6, 6.07) is 5.69. The maximum absolute atomic E-state index is 11.8. The smallest absolute Gasteiger partial charge is 0.341 e. The first-order chi connectivity index (χ1) is 10.9. The van der Waals surface area contributed by atoms with Crippen molar-refractivity contribution in [2.75, 3.05) is 11.7 Å². The van der Waals surface area contributed by atoms with E-state index in [-0.39, 0.29) is 11.1 Å². The van der Waals surface area contributed by atoms with Crippen molar-refractivity contribution in [3.8, 4) is 0 Å². The average molecular weight is 315 g/mol. The number of hydrogen-bond donors (Lipinski definition) is 0. The van der Waals surface area contributed by atoms with Crippen molar-refractivity contribution >= 4 is 29.4 Å². The number of esters is 2. The first kappa shape index (κ1) is 16.2. The Balaban J connectivity index is 1.95. The third kappa shape index (κ3) is 3.70. The van der Waals surface area contributed by atoms with Crippen LogP contribution in [0.4, 0.5) is 5.69 Å². The molecule has 1 aromatic rings. The van der Waals surface area contributed by atoms with Crippen molar-refractivity contribution in [3.05, 3.63) is 54.1 Å². The summed E-state index contributed by atoms with van der Waals surface area (Å²) < 4.78 is 9.41. The molecule has 0 spiro atoms. The van der Waals surface area contributed by atoms with E-state index < -0.39 is 30.5 Å². The molecule has 7 nitrogen and oxygen atoms in total. The van der Waals surface area contributed by atoms with Gasteiger partial charge in [0.25, 0.3) is 11.8 Å². The molecule has 23 heavy (non-hydrogen) atoms. The zero-order valence-corrected chi connectivity index (χ0v) is 12.3. The molecule has 118 valence electrons. The highest BCUT2D eigenvalue weighted by Crippen LogP contribution is 2.19. The van der Waals surface area contributed by atoms with Crippen molar-refractivity contribution in [2.24, 2.45) is 0 Å². The minimum absolute atomic E-state index is 0.187. The number of imide groups is 1. The summed E-state index contributed by atoms with van der Waals surface area (Å²) in [4.78, 5) is 46.9. The van der Waals surface area contributed by atoms with Gasteiger partial charge in [0.1, 0.15) is 0 Å². The molecule has 0 unspecified atom stereocenters. The van der Waals surface area contributed by atoms with Gasteiger partial charge in [0, 0.05) is 17.7 Å². The molecule has 0 bridgehead atoms. The summed E-state index contributed by atoms with van der Waals surface area (Å²) in [5, 5.41) is 0. The lowest BCUT2D eigenvalue weighted by molar-refractivity contribution is -0.147. The normalized spacial score (nSPS) is 13.2. The van der Waals surface area contributed by atoms with Gasteiger partial charge in [-0.05, 0) is 31.2 Å². The van der Waals surface area contributed by atoms with Crippen molar-refractivity contribution in [1.82, 2.24) is 0 Å². The van der Waals surface area contributed by atoms with Crippen LogP contribution in [0.15, 0.2) is 48.6 Å². The van der Waals surface area contributed by atoms with Gasteiger partial charge in [-0.15, -0.1) is 0 Å². The van der Waals surface area contributed by atoms with Crippen molar-refractivity contribution < 1.29 is 28.7 Å². The van der Waals surface area contributed by atoms with Gasteiger partial charge in [-0.25, -0.2) is 14.5 Å². The maximum Gasteiger partial charge on any atom is 0.341 e. The van der Waals surface area contributed by atoms with E-state index in [9.17, 15) is 19.2 Å². The lowest BCUT2D eigenvalue weighted by atomic mass is 10.2. The fraction of sp³-hybridized carbons (Fsp3) is 0.125. The van der Waals surface area contributed by atoms with E-state index in [1.165, 1.54) is 43.3 Å². The standard InChI is InChI=1S/C16H13NO6/c1-10(2)15(20)22-9-23-16(21)11-3-5-12(6-4-11)17-13(18)7-8-14(17)19/h3-8H,1,9H2,2H3.